The Morgan fingerprint density at radius 2 is 1.82 bits per heavy atom. The molecule has 1 aliphatic rings. The maximum absolute atomic E-state index is 12.4. The number of nitrogens with zero attached hydrogens (tertiary/aromatic N) is 1. The molecule has 28 heavy (non-hydrogen) atoms. The van der Waals surface area contributed by atoms with E-state index in [2.05, 4.69) is 5.32 Å². The van der Waals surface area contributed by atoms with Crippen molar-refractivity contribution in [3.8, 4) is 5.75 Å². The normalized spacial score (nSPS) is 15.9. The van der Waals surface area contributed by atoms with E-state index in [9.17, 15) is 19.5 Å². The van der Waals surface area contributed by atoms with Crippen LogP contribution in [-0.4, -0.2) is 53.5 Å². The van der Waals surface area contributed by atoms with Crippen LogP contribution in [0.2, 0.25) is 0 Å². The number of carbonyl (C=O) groups is 3. The number of aliphatic carboxylic acids is 1. The van der Waals surface area contributed by atoms with Gasteiger partial charge in [0.2, 0.25) is 11.8 Å². The van der Waals surface area contributed by atoms with Gasteiger partial charge in [-0.1, -0.05) is 32.0 Å². The molecule has 0 bridgehead atoms. The Bertz CT molecular complexity index is 654. The van der Waals surface area contributed by atoms with Crippen molar-refractivity contribution >= 4 is 17.8 Å². The Morgan fingerprint density at radius 3 is 2.39 bits per heavy atom. The molecule has 0 saturated carbocycles. The molecule has 0 radical (unpaired) electrons. The maximum Gasteiger partial charge on any atom is 0.326 e. The van der Waals surface area contributed by atoms with Crippen molar-refractivity contribution in [1.29, 1.82) is 0 Å². The first kappa shape index (κ1) is 21.7. The van der Waals surface area contributed by atoms with E-state index in [-0.39, 0.29) is 23.7 Å². The number of para-hydroxylation sites is 1. The van der Waals surface area contributed by atoms with Gasteiger partial charge in [-0.15, -0.1) is 0 Å². The van der Waals surface area contributed by atoms with Crippen LogP contribution in [0.5, 0.6) is 5.75 Å². The summed E-state index contributed by atoms with van der Waals surface area (Å²) in [5.74, 6) is -0.559. The van der Waals surface area contributed by atoms with Crippen LogP contribution in [0.25, 0.3) is 0 Å². The Morgan fingerprint density at radius 1 is 1.18 bits per heavy atom. The molecule has 7 heteroatoms. The summed E-state index contributed by atoms with van der Waals surface area (Å²) in [5, 5.41) is 11.9. The third kappa shape index (κ3) is 6.87. The molecule has 1 aromatic carbocycles. The average Bonchev–Trinajstić information content (AvgIpc) is 2.68. The Labute approximate surface area is 166 Å². The third-order valence-electron chi connectivity index (χ3n) is 4.87. The smallest absolute Gasteiger partial charge is 0.326 e. The average molecular weight is 390 g/mol. The minimum Gasteiger partial charge on any atom is -0.493 e. The van der Waals surface area contributed by atoms with E-state index in [0.29, 0.717) is 45.4 Å². The molecule has 7 nitrogen and oxygen atoms in total. The number of nitrogens with one attached hydrogen (secondary N) is 1. The van der Waals surface area contributed by atoms with Gasteiger partial charge in [-0.2, -0.15) is 0 Å². The Kier molecular flexibility index (Phi) is 8.29. The van der Waals surface area contributed by atoms with Gasteiger partial charge in [0.15, 0.2) is 0 Å². The fourth-order valence-corrected chi connectivity index (χ4v) is 3.30. The summed E-state index contributed by atoms with van der Waals surface area (Å²) in [4.78, 5) is 37.8. The summed E-state index contributed by atoms with van der Waals surface area (Å²) in [5.41, 5.74) is 0. The van der Waals surface area contributed by atoms with Gasteiger partial charge in [0.25, 0.3) is 0 Å². The molecular formula is C21H30N2O5. The zero-order chi connectivity index (χ0) is 20.5. The minimum atomic E-state index is -1.01. The number of likely N-dealkylation sites (tertiary alicyclic amines) is 1. The molecule has 1 aliphatic heterocycles. The second-order valence-corrected chi connectivity index (χ2v) is 7.60. The van der Waals surface area contributed by atoms with Crippen molar-refractivity contribution in [3.05, 3.63) is 30.3 Å². The van der Waals surface area contributed by atoms with Crippen LogP contribution in [-0.2, 0) is 14.4 Å². The quantitative estimate of drug-likeness (QED) is 0.675. The van der Waals surface area contributed by atoms with Crippen molar-refractivity contribution in [2.45, 2.75) is 45.6 Å². The van der Waals surface area contributed by atoms with Gasteiger partial charge in [0.05, 0.1) is 13.0 Å². The molecule has 1 saturated heterocycles. The van der Waals surface area contributed by atoms with Gasteiger partial charge in [-0.25, -0.2) is 4.79 Å². The molecule has 0 spiro atoms. The van der Waals surface area contributed by atoms with Crippen molar-refractivity contribution in [2.24, 2.45) is 11.8 Å². The Balaban J connectivity index is 1.72. The van der Waals surface area contributed by atoms with E-state index in [1.165, 1.54) is 0 Å². The van der Waals surface area contributed by atoms with Crippen molar-refractivity contribution < 1.29 is 24.2 Å². The topological polar surface area (TPSA) is 95.9 Å². The molecule has 1 atom stereocenters. The molecule has 1 heterocycles. The van der Waals surface area contributed by atoms with E-state index in [1.807, 2.05) is 44.2 Å². The fraction of sp³-hybridized carbons (Fsp3) is 0.571. The number of carbonyl (C=O) groups excluding carboxylic acids is 2. The van der Waals surface area contributed by atoms with E-state index in [0.717, 1.165) is 5.75 Å². The highest BCUT2D eigenvalue weighted by molar-refractivity contribution is 5.85. The SMILES string of the molecule is CC(C)C[C@@H](NC(=O)C1CCN(C(=O)CCOc2ccccc2)CC1)C(=O)O. The third-order valence-corrected chi connectivity index (χ3v) is 4.87. The van der Waals surface area contributed by atoms with Crippen LogP contribution in [0.4, 0.5) is 0 Å². The summed E-state index contributed by atoms with van der Waals surface area (Å²) in [6.07, 6.45) is 1.79. The van der Waals surface area contributed by atoms with Gasteiger partial charge in [0, 0.05) is 19.0 Å². The van der Waals surface area contributed by atoms with Crippen molar-refractivity contribution in [1.82, 2.24) is 10.2 Å². The van der Waals surface area contributed by atoms with Gasteiger partial charge in [-0.05, 0) is 37.3 Å². The lowest BCUT2D eigenvalue weighted by Gasteiger charge is -2.32. The summed E-state index contributed by atoms with van der Waals surface area (Å²) >= 11 is 0. The van der Waals surface area contributed by atoms with Crippen LogP contribution in [0.1, 0.15) is 39.5 Å². The molecule has 2 amide bonds. The number of rotatable bonds is 9. The van der Waals surface area contributed by atoms with Crippen LogP contribution in [0.3, 0.4) is 0 Å². The van der Waals surface area contributed by atoms with Gasteiger partial charge < -0.3 is 20.1 Å². The lowest BCUT2D eigenvalue weighted by Crippen LogP contribution is -2.48. The van der Waals surface area contributed by atoms with E-state index < -0.39 is 12.0 Å². The summed E-state index contributed by atoms with van der Waals surface area (Å²) in [7, 11) is 0. The van der Waals surface area contributed by atoms with Crippen LogP contribution >= 0.6 is 0 Å². The highest BCUT2D eigenvalue weighted by Gasteiger charge is 2.30. The number of hydrogen-bond donors (Lipinski definition) is 2. The van der Waals surface area contributed by atoms with E-state index in [1.54, 1.807) is 4.90 Å². The number of benzene rings is 1. The van der Waals surface area contributed by atoms with Gasteiger partial charge >= 0.3 is 5.97 Å². The number of carboxylic acid groups (broad SMARTS) is 1. The lowest BCUT2D eigenvalue weighted by molar-refractivity contribution is -0.143. The summed E-state index contributed by atoms with van der Waals surface area (Å²) in [6.45, 7) is 5.18. The zero-order valence-electron chi connectivity index (χ0n) is 16.6. The first-order valence-corrected chi connectivity index (χ1v) is 9.85. The number of ether oxygens (including phenoxy) is 1. The second kappa shape index (κ2) is 10.7. The largest absolute Gasteiger partial charge is 0.493 e. The summed E-state index contributed by atoms with van der Waals surface area (Å²) in [6, 6.07) is 8.49. The van der Waals surface area contributed by atoms with E-state index >= 15 is 0 Å². The molecule has 1 aromatic rings. The monoisotopic (exact) mass is 390 g/mol. The molecule has 0 aromatic heterocycles. The van der Waals surface area contributed by atoms with Crippen LogP contribution in [0, 0.1) is 11.8 Å². The van der Waals surface area contributed by atoms with Crippen molar-refractivity contribution in [3.63, 3.8) is 0 Å². The molecular weight excluding hydrogens is 360 g/mol. The highest BCUT2D eigenvalue weighted by Crippen LogP contribution is 2.19. The van der Waals surface area contributed by atoms with Crippen LogP contribution < -0.4 is 10.1 Å². The molecule has 2 rings (SSSR count). The second-order valence-electron chi connectivity index (χ2n) is 7.60. The number of hydrogen-bond acceptors (Lipinski definition) is 4. The first-order valence-electron chi connectivity index (χ1n) is 9.85. The number of piperidine rings is 1. The minimum absolute atomic E-state index is 0.0120. The van der Waals surface area contributed by atoms with Gasteiger partial charge in [-0.3, -0.25) is 9.59 Å². The lowest BCUT2D eigenvalue weighted by atomic mass is 9.94. The number of amides is 2. The predicted octanol–water partition coefficient (Wildman–Crippen LogP) is 2.31. The summed E-state index contributed by atoms with van der Waals surface area (Å²) < 4.78 is 5.56. The molecule has 0 unspecified atom stereocenters. The first-order chi connectivity index (χ1) is 13.4. The number of carboxylic acids is 1. The molecule has 2 N–H and O–H groups in total. The predicted molar refractivity (Wildman–Crippen MR) is 105 cm³/mol. The van der Waals surface area contributed by atoms with Crippen LogP contribution in [0.15, 0.2) is 30.3 Å². The standard InChI is InChI=1S/C21H30N2O5/c1-15(2)14-18(21(26)27)22-20(25)16-8-11-23(12-9-16)19(24)10-13-28-17-6-4-3-5-7-17/h3-7,15-16,18H,8-14H2,1-2H3,(H,22,25)(H,26,27)/t18-/m1/s1. The van der Waals surface area contributed by atoms with Gasteiger partial charge in [0.1, 0.15) is 11.8 Å². The fourth-order valence-electron chi connectivity index (χ4n) is 3.30. The molecule has 154 valence electrons. The maximum atomic E-state index is 12.4. The van der Waals surface area contributed by atoms with E-state index in [4.69, 9.17) is 4.74 Å². The van der Waals surface area contributed by atoms with Crippen molar-refractivity contribution in [2.75, 3.05) is 19.7 Å². The Hall–Kier alpha value is -2.57. The molecule has 0 aliphatic carbocycles. The molecule has 1 fully saturated rings. The highest BCUT2D eigenvalue weighted by atomic mass is 16.5. The zero-order valence-corrected chi connectivity index (χ0v) is 16.6.